The maximum Gasteiger partial charge on any atom is 0.334 e. The number of cyclic esters (lactones) is 2. The van der Waals surface area contributed by atoms with Gasteiger partial charge in [0.2, 0.25) is 0 Å². The van der Waals surface area contributed by atoms with Crippen molar-refractivity contribution in [2.45, 2.75) is 51.1 Å². The van der Waals surface area contributed by atoms with Gasteiger partial charge in [-0.1, -0.05) is 18.2 Å². The van der Waals surface area contributed by atoms with Crippen LogP contribution in [-0.2, 0) is 60.8 Å². The number of ether oxygens (including phenoxy) is 6. The van der Waals surface area contributed by atoms with Crippen LogP contribution >= 0.6 is 0 Å². The van der Waals surface area contributed by atoms with E-state index in [1.54, 1.807) is 13.8 Å². The summed E-state index contributed by atoms with van der Waals surface area (Å²) in [5.74, 6) is -3.24. The van der Waals surface area contributed by atoms with Crippen molar-refractivity contribution >= 4 is 23.9 Å². The molecule has 6 atom stereocenters. The van der Waals surface area contributed by atoms with Crippen LogP contribution in [-0.4, -0.2) is 48.3 Å². The Bertz CT molecular complexity index is 1190. The lowest BCUT2D eigenvalue weighted by molar-refractivity contribution is -0.206. The lowest BCUT2D eigenvalue weighted by atomic mass is 9.60. The van der Waals surface area contributed by atoms with Crippen LogP contribution in [0.15, 0.2) is 47.9 Å². The smallest absolute Gasteiger partial charge is 0.334 e. The van der Waals surface area contributed by atoms with Gasteiger partial charge in [0.05, 0.1) is 35.8 Å². The number of carbonyl (C=O) groups is 4. The molecule has 5 aliphatic rings. The monoisotopic (exact) mass is 524 g/mol. The van der Waals surface area contributed by atoms with Gasteiger partial charge in [-0.15, -0.1) is 0 Å². The fourth-order valence-corrected chi connectivity index (χ4v) is 6.38. The average molecular weight is 525 g/mol. The second-order valence-corrected chi connectivity index (χ2v) is 10.9. The molecule has 1 aromatic rings. The fraction of sp³-hybridized carbons (Fsp3) is 0.500. The first-order valence-corrected chi connectivity index (χ1v) is 12.7. The summed E-state index contributed by atoms with van der Waals surface area (Å²) in [6.07, 6.45) is 3.19. The van der Waals surface area contributed by atoms with Crippen molar-refractivity contribution in [1.29, 1.82) is 0 Å². The van der Waals surface area contributed by atoms with Gasteiger partial charge < -0.3 is 28.4 Å². The molecule has 0 amide bonds. The first-order chi connectivity index (χ1) is 18.1. The lowest BCUT2D eigenvalue weighted by Crippen LogP contribution is -2.60. The van der Waals surface area contributed by atoms with Crippen molar-refractivity contribution in [1.82, 2.24) is 0 Å². The SMILES string of the molecule is C[C@@]12C[C@@H]3C(=O)OCCOC(=O)[C@H]4C[C@]5(C)OC(=O)C=C(OCc6cccc(c6)COC(=CC(=O)O1)[C@H]32)[C@H]45. The largest absolute Gasteiger partial charge is 0.492 e. The summed E-state index contributed by atoms with van der Waals surface area (Å²) >= 11 is 0. The number of rotatable bonds is 0. The third-order valence-electron chi connectivity index (χ3n) is 8.15. The molecule has 6 rings (SSSR count). The Morgan fingerprint density at radius 1 is 0.684 bits per heavy atom. The van der Waals surface area contributed by atoms with E-state index in [2.05, 4.69) is 0 Å². The number of hydrogen-bond donors (Lipinski definition) is 0. The van der Waals surface area contributed by atoms with Crippen molar-refractivity contribution in [3.63, 3.8) is 0 Å². The number of esters is 4. The molecule has 0 spiro atoms. The highest BCUT2D eigenvalue weighted by molar-refractivity contribution is 5.87. The molecule has 3 heterocycles. The minimum absolute atomic E-state index is 0.112. The minimum Gasteiger partial charge on any atom is -0.492 e. The standard InChI is InChI=1S/C28H28O10/c1-27-11-17-23(27)19(9-21(29)37-27)35-13-15-4-3-5-16(8-15)14-36-20-10-22(30)38-28(2)12-18(24(20)28)26(32)34-7-6-33-25(17)31/h3-5,8-10,17-18,23-24H,6-7,11-14H2,1-2H3/t17-,18-,23-,24-,27-,28-/m0/s1. The van der Waals surface area contributed by atoms with Crippen molar-refractivity contribution in [2.24, 2.45) is 23.7 Å². The molecule has 0 aromatic heterocycles. The van der Waals surface area contributed by atoms with Gasteiger partial charge in [0.25, 0.3) is 0 Å². The third-order valence-corrected chi connectivity index (χ3v) is 8.15. The van der Waals surface area contributed by atoms with E-state index in [-0.39, 0.29) is 26.4 Å². The highest BCUT2D eigenvalue weighted by Gasteiger charge is 2.62. The predicted molar refractivity (Wildman–Crippen MR) is 126 cm³/mol. The zero-order chi connectivity index (χ0) is 26.7. The number of hydrogen-bond acceptors (Lipinski definition) is 10. The Hall–Kier alpha value is -3.82. The predicted octanol–water partition coefficient (Wildman–Crippen LogP) is 2.49. The molecule has 10 nitrogen and oxygen atoms in total. The van der Waals surface area contributed by atoms with Crippen LogP contribution in [0, 0.1) is 23.7 Å². The van der Waals surface area contributed by atoms with Gasteiger partial charge >= 0.3 is 23.9 Å². The van der Waals surface area contributed by atoms with Crippen LogP contribution in [0.5, 0.6) is 0 Å². The summed E-state index contributed by atoms with van der Waals surface area (Å²) < 4.78 is 33.9. The number of fused-ring (bicyclic) bond motifs is 2. The summed E-state index contributed by atoms with van der Waals surface area (Å²) in [6, 6.07) is 7.51. The first kappa shape index (κ1) is 24.5. The summed E-state index contributed by atoms with van der Waals surface area (Å²) in [7, 11) is 0. The van der Waals surface area contributed by atoms with Crippen molar-refractivity contribution in [3.8, 4) is 0 Å². The Morgan fingerprint density at radius 2 is 1.13 bits per heavy atom. The van der Waals surface area contributed by atoms with Gasteiger partial charge in [-0.2, -0.15) is 0 Å². The Morgan fingerprint density at radius 3 is 1.58 bits per heavy atom. The van der Waals surface area contributed by atoms with Crippen LogP contribution in [0.4, 0.5) is 0 Å². The van der Waals surface area contributed by atoms with Crippen LogP contribution in [0.2, 0.25) is 0 Å². The first-order valence-electron chi connectivity index (χ1n) is 12.7. The van der Waals surface area contributed by atoms with E-state index in [0.717, 1.165) is 11.1 Å². The number of carbonyl (C=O) groups excluding carboxylic acids is 4. The molecule has 0 saturated heterocycles. The molecule has 3 aliphatic heterocycles. The van der Waals surface area contributed by atoms with E-state index in [0.29, 0.717) is 24.4 Å². The summed E-state index contributed by atoms with van der Waals surface area (Å²) in [5, 5.41) is 0. The molecule has 10 heteroatoms. The van der Waals surface area contributed by atoms with E-state index in [4.69, 9.17) is 28.4 Å². The van der Waals surface area contributed by atoms with Gasteiger partial charge in [0, 0.05) is 12.8 Å². The van der Waals surface area contributed by atoms with Gasteiger partial charge in [0.15, 0.2) is 0 Å². The molecular weight excluding hydrogens is 496 g/mol. The molecule has 2 aliphatic carbocycles. The maximum absolute atomic E-state index is 12.9. The Labute approximate surface area is 218 Å². The van der Waals surface area contributed by atoms with Crippen LogP contribution in [0.3, 0.4) is 0 Å². The second kappa shape index (κ2) is 8.89. The molecule has 2 saturated carbocycles. The highest BCUT2D eigenvalue weighted by Crippen LogP contribution is 2.54. The van der Waals surface area contributed by atoms with Gasteiger partial charge in [0.1, 0.15) is 49.1 Å². The zero-order valence-corrected chi connectivity index (χ0v) is 21.1. The zero-order valence-electron chi connectivity index (χ0n) is 21.1. The van der Waals surface area contributed by atoms with Crippen molar-refractivity contribution in [2.75, 3.05) is 13.2 Å². The molecule has 0 unspecified atom stereocenters. The normalized spacial score (nSPS) is 36.5. The molecule has 200 valence electrons. The van der Waals surface area contributed by atoms with Crippen molar-refractivity contribution < 1.29 is 47.6 Å². The van der Waals surface area contributed by atoms with Gasteiger partial charge in [-0.25, -0.2) is 9.59 Å². The molecular formula is C28H28O10. The topological polar surface area (TPSA) is 124 Å². The van der Waals surface area contributed by atoms with Crippen LogP contribution in [0.1, 0.15) is 37.8 Å². The van der Waals surface area contributed by atoms with Crippen LogP contribution in [0.25, 0.3) is 0 Å². The maximum atomic E-state index is 12.9. The van der Waals surface area contributed by atoms with Crippen molar-refractivity contribution in [3.05, 3.63) is 59.1 Å². The van der Waals surface area contributed by atoms with E-state index < -0.39 is 58.8 Å². The lowest BCUT2D eigenvalue weighted by Gasteiger charge is -2.52. The number of benzene rings is 1. The molecule has 0 radical (unpaired) electrons. The Kier molecular flexibility index (Phi) is 5.73. The van der Waals surface area contributed by atoms with E-state index >= 15 is 0 Å². The van der Waals surface area contributed by atoms with E-state index in [1.807, 2.05) is 24.3 Å². The molecule has 2 bridgehead atoms. The van der Waals surface area contributed by atoms with Gasteiger partial charge in [-0.3, -0.25) is 9.59 Å². The summed E-state index contributed by atoms with van der Waals surface area (Å²) in [4.78, 5) is 50.1. The molecule has 2 fully saturated rings. The highest BCUT2D eigenvalue weighted by atomic mass is 16.6. The molecule has 38 heavy (non-hydrogen) atoms. The van der Waals surface area contributed by atoms with Gasteiger partial charge in [-0.05, 0) is 31.0 Å². The quantitative estimate of drug-likeness (QED) is 0.369. The minimum atomic E-state index is -0.855. The second-order valence-electron chi connectivity index (χ2n) is 10.9. The molecule has 1 aromatic carbocycles. The van der Waals surface area contributed by atoms with E-state index in [1.165, 1.54) is 12.2 Å². The fourth-order valence-electron chi connectivity index (χ4n) is 6.38. The summed E-state index contributed by atoms with van der Waals surface area (Å²) in [5.41, 5.74) is -0.0508. The third kappa shape index (κ3) is 4.12. The summed E-state index contributed by atoms with van der Waals surface area (Å²) in [6.45, 7) is 3.67. The average Bonchev–Trinajstić information content (AvgIpc) is 2.84. The molecule has 0 N–H and O–H groups in total. The Balaban J connectivity index is 1.27. The van der Waals surface area contributed by atoms with E-state index in [9.17, 15) is 19.2 Å². The van der Waals surface area contributed by atoms with Crippen LogP contribution < -0.4 is 0 Å².